The van der Waals surface area contributed by atoms with E-state index in [1.54, 1.807) is 12.1 Å². The number of aromatic amines is 1. The fourth-order valence-electron chi connectivity index (χ4n) is 4.57. The first-order valence-corrected chi connectivity index (χ1v) is 10.9. The Morgan fingerprint density at radius 1 is 0.829 bits per heavy atom. The van der Waals surface area contributed by atoms with Crippen molar-refractivity contribution < 1.29 is 36.9 Å². The number of aliphatic hydroxyl groups is 1. The SMILES string of the molecule is O[C@@H]1CO[C@H]2[C@@H]1OC[C@H]2Oc1nc2c(F)c(-c3ccc(-c4ccc(F)c(F)c4)cc3)c(F)cc2[nH]1. The van der Waals surface area contributed by atoms with Gasteiger partial charge in [-0.25, -0.2) is 17.6 Å². The molecule has 2 fully saturated rings. The lowest BCUT2D eigenvalue weighted by Crippen LogP contribution is -2.34. The molecule has 6 rings (SSSR count). The summed E-state index contributed by atoms with van der Waals surface area (Å²) in [5.74, 6) is -3.63. The van der Waals surface area contributed by atoms with Crippen LogP contribution in [-0.4, -0.2) is 52.7 Å². The summed E-state index contributed by atoms with van der Waals surface area (Å²) in [5.41, 5.74) is 0.959. The van der Waals surface area contributed by atoms with Crippen LogP contribution in [0.4, 0.5) is 17.6 Å². The highest BCUT2D eigenvalue weighted by Gasteiger charge is 2.48. The van der Waals surface area contributed by atoms with Gasteiger partial charge in [-0.3, -0.25) is 0 Å². The van der Waals surface area contributed by atoms with E-state index in [2.05, 4.69) is 9.97 Å². The van der Waals surface area contributed by atoms with E-state index in [0.29, 0.717) is 11.1 Å². The summed E-state index contributed by atoms with van der Waals surface area (Å²) in [5, 5.41) is 9.86. The minimum absolute atomic E-state index is 0.0247. The molecule has 3 aromatic carbocycles. The maximum absolute atomic E-state index is 15.4. The van der Waals surface area contributed by atoms with Crippen LogP contribution in [0.25, 0.3) is 33.3 Å². The first kappa shape index (κ1) is 22.0. The summed E-state index contributed by atoms with van der Waals surface area (Å²) in [6, 6.07) is 10.7. The second-order valence-corrected chi connectivity index (χ2v) is 8.51. The molecule has 2 aliphatic heterocycles. The van der Waals surface area contributed by atoms with E-state index in [0.717, 1.165) is 18.2 Å². The van der Waals surface area contributed by atoms with Crippen molar-refractivity contribution in [3.8, 4) is 28.3 Å². The van der Waals surface area contributed by atoms with E-state index in [1.807, 2.05) is 0 Å². The molecule has 0 aliphatic carbocycles. The van der Waals surface area contributed by atoms with Crippen LogP contribution in [0.3, 0.4) is 0 Å². The zero-order valence-corrected chi connectivity index (χ0v) is 18.0. The standard InChI is InChI=1S/C25H18F4N2O4/c26-14-6-5-13(7-15(14)27)11-1-3-12(4-2-11)20-16(28)8-17-22(21(20)29)31-25(30-17)35-19-10-34-23-18(32)9-33-24(19)23/h1-8,18-19,23-24,32H,9-10H2,(H,30,31)/t18-,19-,23-,24-/m1/s1. The number of nitrogens with zero attached hydrogens (tertiary/aromatic N) is 1. The molecule has 0 spiro atoms. The van der Waals surface area contributed by atoms with Gasteiger partial charge in [0, 0.05) is 6.07 Å². The molecule has 0 radical (unpaired) electrons. The summed E-state index contributed by atoms with van der Waals surface area (Å²) < 4.78 is 73.9. The largest absolute Gasteiger partial charge is 0.456 e. The number of aliphatic hydroxyl groups excluding tert-OH is 1. The van der Waals surface area contributed by atoms with E-state index in [-0.39, 0.29) is 41.4 Å². The number of benzene rings is 3. The second kappa shape index (κ2) is 8.33. The molecule has 2 N–H and O–H groups in total. The molecule has 3 heterocycles. The summed E-state index contributed by atoms with van der Waals surface area (Å²) in [4.78, 5) is 6.91. The minimum atomic E-state index is -0.985. The molecule has 10 heteroatoms. The van der Waals surface area contributed by atoms with E-state index < -0.39 is 47.7 Å². The number of halogens is 4. The van der Waals surface area contributed by atoms with Crippen LogP contribution in [0.2, 0.25) is 0 Å². The Morgan fingerprint density at radius 2 is 1.54 bits per heavy atom. The highest BCUT2D eigenvalue weighted by Crippen LogP contribution is 2.35. The van der Waals surface area contributed by atoms with Crippen LogP contribution >= 0.6 is 0 Å². The monoisotopic (exact) mass is 486 g/mol. The van der Waals surface area contributed by atoms with E-state index in [4.69, 9.17) is 14.2 Å². The maximum atomic E-state index is 15.4. The summed E-state index contributed by atoms with van der Waals surface area (Å²) >= 11 is 0. The van der Waals surface area contributed by atoms with Crippen molar-refractivity contribution in [2.75, 3.05) is 13.2 Å². The third kappa shape index (κ3) is 3.74. The van der Waals surface area contributed by atoms with E-state index in [1.165, 1.54) is 18.2 Å². The number of imidazole rings is 1. The number of fused-ring (bicyclic) bond motifs is 2. The van der Waals surface area contributed by atoms with Crippen LogP contribution in [0.5, 0.6) is 6.01 Å². The normalized spacial score (nSPS) is 23.7. The van der Waals surface area contributed by atoms with Gasteiger partial charge in [0.15, 0.2) is 23.6 Å². The van der Waals surface area contributed by atoms with Crippen LogP contribution < -0.4 is 4.74 Å². The average Bonchev–Trinajstić information content (AvgIpc) is 3.53. The molecule has 2 aliphatic rings. The van der Waals surface area contributed by atoms with E-state index >= 15 is 4.39 Å². The highest BCUT2D eigenvalue weighted by molar-refractivity contribution is 5.84. The summed E-state index contributed by atoms with van der Waals surface area (Å²) in [6.07, 6.45) is -2.29. The van der Waals surface area contributed by atoms with Crippen LogP contribution in [0.1, 0.15) is 0 Å². The highest BCUT2D eigenvalue weighted by atomic mass is 19.2. The molecule has 6 nitrogen and oxygen atoms in total. The van der Waals surface area contributed by atoms with Crippen molar-refractivity contribution in [1.29, 1.82) is 0 Å². The molecule has 35 heavy (non-hydrogen) atoms. The fourth-order valence-corrected chi connectivity index (χ4v) is 4.57. The third-order valence-corrected chi connectivity index (χ3v) is 6.32. The Labute approximate surface area is 196 Å². The lowest BCUT2D eigenvalue weighted by atomic mass is 9.99. The summed E-state index contributed by atoms with van der Waals surface area (Å²) in [6.45, 7) is 0.295. The van der Waals surface area contributed by atoms with Gasteiger partial charge in [0.2, 0.25) is 0 Å². The molecule has 0 amide bonds. The topological polar surface area (TPSA) is 76.6 Å². The van der Waals surface area contributed by atoms with Gasteiger partial charge >= 0.3 is 0 Å². The number of hydrogen-bond acceptors (Lipinski definition) is 5. The molecule has 180 valence electrons. The Kier molecular flexibility index (Phi) is 5.24. The van der Waals surface area contributed by atoms with Gasteiger partial charge in [0.1, 0.15) is 29.6 Å². The molecule has 2 saturated heterocycles. The average molecular weight is 486 g/mol. The van der Waals surface area contributed by atoms with Crippen LogP contribution in [0, 0.1) is 23.3 Å². The predicted octanol–water partition coefficient (Wildman–Crippen LogP) is 4.36. The number of aromatic nitrogens is 2. The first-order chi connectivity index (χ1) is 16.9. The zero-order chi connectivity index (χ0) is 24.3. The van der Waals surface area contributed by atoms with Gasteiger partial charge in [-0.15, -0.1) is 0 Å². The number of hydrogen-bond donors (Lipinski definition) is 2. The van der Waals surface area contributed by atoms with Crippen LogP contribution in [-0.2, 0) is 9.47 Å². The molecule has 4 aromatic rings. The van der Waals surface area contributed by atoms with Crippen molar-refractivity contribution in [1.82, 2.24) is 9.97 Å². The molecule has 0 bridgehead atoms. The van der Waals surface area contributed by atoms with Crippen molar-refractivity contribution in [2.45, 2.75) is 24.4 Å². The Balaban J connectivity index is 1.29. The molecule has 0 unspecified atom stereocenters. The minimum Gasteiger partial charge on any atom is -0.456 e. The van der Waals surface area contributed by atoms with Gasteiger partial charge in [-0.2, -0.15) is 4.98 Å². The maximum Gasteiger partial charge on any atom is 0.295 e. The van der Waals surface area contributed by atoms with Crippen molar-refractivity contribution in [3.63, 3.8) is 0 Å². The zero-order valence-electron chi connectivity index (χ0n) is 18.0. The number of ether oxygens (including phenoxy) is 3. The van der Waals surface area contributed by atoms with E-state index in [9.17, 15) is 18.3 Å². The van der Waals surface area contributed by atoms with Gasteiger partial charge in [-0.05, 0) is 28.8 Å². The Morgan fingerprint density at radius 3 is 2.31 bits per heavy atom. The van der Waals surface area contributed by atoms with Gasteiger partial charge in [-0.1, -0.05) is 30.3 Å². The Hall–Kier alpha value is -3.47. The van der Waals surface area contributed by atoms with Gasteiger partial charge in [0.25, 0.3) is 6.01 Å². The number of nitrogens with one attached hydrogen (secondary N) is 1. The smallest absolute Gasteiger partial charge is 0.295 e. The number of H-pyrrole nitrogens is 1. The molecular weight excluding hydrogens is 468 g/mol. The Bertz CT molecular complexity index is 1430. The second-order valence-electron chi connectivity index (χ2n) is 8.51. The molecular formula is C25H18F4N2O4. The molecule has 1 aromatic heterocycles. The number of rotatable bonds is 4. The molecule has 4 atom stereocenters. The molecule has 0 saturated carbocycles. The third-order valence-electron chi connectivity index (χ3n) is 6.32. The van der Waals surface area contributed by atoms with Crippen molar-refractivity contribution in [2.24, 2.45) is 0 Å². The predicted molar refractivity (Wildman–Crippen MR) is 117 cm³/mol. The quantitative estimate of drug-likeness (QED) is 0.420. The van der Waals surface area contributed by atoms with Crippen LogP contribution in [0.15, 0.2) is 48.5 Å². The van der Waals surface area contributed by atoms with Gasteiger partial charge in [0.05, 0.1) is 24.3 Å². The van der Waals surface area contributed by atoms with Crippen molar-refractivity contribution >= 4 is 11.0 Å². The first-order valence-electron chi connectivity index (χ1n) is 10.9. The van der Waals surface area contributed by atoms with Gasteiger partial charge < -0.3 is 24.3 Å². The summed E-state index contributed by atoms with van der Waals surface area (Å²) in [7, 11) is 0. The lowest BCUT2D eigenvalue weighted by Gasteiger charge is -2.15. The fraction of sp³-hybridized carbons (Fsp3) is 0.240. The van der Waals surface area contributed by atoms with Crippen molar-refractivity contribution in [3.05, 3.63) is 71.8 Å². The lowest BCUT2D eigenvalue weighted by molar-refractivity contribution is 0.00706.